The van der Waals surface area contributed by atoms with Gasteiger partial charge in [-0.3, -0.25) is 10.2 Å². The maximum Gasteiger partial charge on any atom is 0.426 e. The highest BCUT2D eigenvalue weighted by Crippen LogP contribution is 2.29. The van der Waals surface area contributed by atoms with Crippen molar-refractivity contribution in [3.8, 4) is 0 Å². The zero-order valence-electron chi connectivity index (χ0n) is 16.7. The van der Waals surface area contributed by atoms with Gasteiger partial charge in [-0.15, -0.1) is 12.4 Å². The molecule has 0 aromatic heterocycles. The number of benzene rings is 2. The molecule has 5 nitrogen and oxygen atoms in total. The molecule has 13 heteroatoms. The maximum atomic E-state index is 13.5. The summed E-state index contributed by atoms with van der Waals surface area (Å²) in [5, 5.41) is 1.71. The number of nitrogens with one attached hydrogen (secondary N) is 1. The van der Waals surface area contributed by atoms with Crippen molar-refractivity contribution in [1.29, 1.82) is 0 Å². The minimum absolute atomic E-state index is 0. The van der Waals surface area contributed by atoms with Crippen LogP contribution in [-0.2, 0) is 9.47 Å². The third-order valence-corrected chi connectivity index (χ3v) is 5.27. The molecule has 2 aromatic carbocycles. The average Bonchev–Trinajstić information content (AvgIpc) is 2.72. The first kappa shape index (κ1) is 27.4. The van der Waals surface area contributed by atoms with Gasteiger partial charge in [-0.1, -0.05) is 29.3 Å². The number of halogens is 8. The highest BCUT2D eigenvalue weighted by Gasteiger charge is 2.44. The van der Waals surface area contributed by atoms with Gasteiger partial charge in [0.25, 0.3) is 0 Å². The summed E-state index contributed by atoms with van der Waals surface area (Å²) in [6.45, 7) is -0.339. The van der Waals surface area contributed by atoms with E-state index in [1.165, 1.54) is 23.1 Å². The Bertz CT molecular complexity index is 980. The Kier molecular flexibility index (Phi) is 9.57. The number of nitrogens with zero attached hydrogens (tertiary/aromatic N) is 1. The first-order valence-corrected chi connectivity index (χ1v) is 10.1. The highest BCUT2D eigenvalue weighted by molar-refractivity contribution is 6.31. The van der Waals surface area contributed by atoms with Crippen molar-refractivity contribution in [2.45, 2.75) is 18.4 Å². The number of carbonyl (C=O) groups is 1. The zero-order chi connectivity index (χ0) is 23.5. The van der Waals surface area contributed by atoms with Gasteiger partial charge < -0.3 is 9.47 Å². The lowest BCUT2D eigenvalue weighted by atomic mass is 10.1. The first-order valence-electron chi connectivity index (χ1n) is 9.31. The van der Waals surface area contributed by atoms with Crippen molar-refractivity contribution in [1.82, 2.24) is 4.90 Å². The van der Waals surface area contributed by atoms with Crippen LogP contribution in [-0.4, -0.2) is 49.5 Å². The van der Waals surface area contributed by atoms with Gasteiger partial charge in [0.05, 0.1) is 22.8 Å². The molecule has 1 fully saturated rings. The van der Waals surface area contributed by atoms with Crippen molar-refractivity contribution in [2.75, 3.05) is 31.6 Å². The molecule has 2 aromatic rings. The van der Waals surface area contributed by atoms with Crippen LogP contribution in [0.2, 0.25) is 10.0 Å². The van der Waals surface area contributed by atoms with Gasteiger partial charge >= 0.3 is 12.3 Å². The van der Waals surface area contributed by atoms with Gasteiger partial charge in [-0.05, 0) is 35.9 Å². The van der Waals surface area contributed by atoms with Crippen LogP contribution in [0.1, 0.15) is 11.7 Å². The van der Waals surface area contributed by atoms with Crippen molar-refractivity contribution >= 4 is 47.4 Å². The van der Waals surface area contributed by atoms with E-state index in [9.17, 15) is 26.7 Å². The van der Waals surface area contributed by atoms with Crippen molar-refractivity contribution in [3.63, 3.8) is 0 Å². The Morgan fingerprint density at radius 2 is 1.88 bits per heavy atom. The van der Waals surface area contributed by atoms with Gasteiger partial charge in [0.2, 0.25) is 6.10 Å². The van der Waals surface area contributed by atoms with Crippen molar-refractivity contribution in [3.05, 3.63) is 63.6 Å². The van der Waals surface area contributed by atoms with Gasteiger partial charge in [0.1, 0.15) is 11.6 Å². The number of carbonyl (C=O) groups excluding carboxylic acids is 1. The minimum atomic E-state index is -4.85. The van der Waals surface area contributed by atoms with E-state index >= 15 is 0 Å². The molecule has 1 N–H and O–H groups in total. The largest absolute Gasteiger partial charge is 0.435 e. The summed E-state index contributed by atoms with van der Waals surface area (Å²) < 4.78 is 77.5. The summed E-state index contributed by atoms with van der Waals surface area (Å²) in [4.78, 5) is 13.4. The molecule has 0 radical (unpaired) electrons. The average molecular weight is 536 g/mol. The second-order valence-electron chi connectivity index (χ2n) is 6.98. The maximum absolute atomic E-state index is 13.5. The molecule has 1 amide bonds. The van der Waals surface area contributed by atoms with Crippen LogP contribution >= 0.6 is 35.6 Å². The van der Waals surface area contributed by atoms with Crippen LogP contribution < -0.4 is 5.32 Å². The molecule has 182 valence electrons. The Morgan fingerprint density at radius 1 is 1.15 bits per heavy atom. The number of morpholine rings is 1. The molecule has 3 rings (SSSR count). The summed E-state index contributed by atoms with van der Waals surface area (Å²) in [5.41, 5.74) is 0.394. The van der Waals surface area contributed by atoms with Crippen LogP contribution in [0.15, 0.2) is 36.4 Å². The fraction of sp³-hybridized carbons (Fsp3) is 0.350. The van der Waals surface area contributed by atoms with Gasteiger partial charge in [0, 0.05) is 25.3 Å². The number of rotatable bonds is 5. The predicted molar refractivity (Wildman–Crippen MR) is 115 cm³/mol. The summed E-state index contributed by atoms with van der Waals surface area (Å²) >= 11 is 11.3. The lowest BCUT2D eigenvalue weighted by Gasteiger charge is -2.35. The molecular weight excluding hydrogens is 518 g/mol. The molecule has 0 bridgehead atoms. The van der Waals surface area contributed by atoms with Crippen molar-refractivity contribution < 1.29 is 36.2 Å². The van der Waals surface area contributed by atoms with Crippen LogP contribution in [0, 0.1) is 11.6 Å². The summed E-state index contributed by atoms with van der Waals surface area (Å²) in [6, 6.07) is 7.14. The van der Waals surface area contributed by atoms with Gasteiger partial charge in [-0.2, -0.15) is 13.2 Å². The number of anilines is 1. The van der Waals surface area contributed by atoms with E-state index < -0.39 is 42.7 Å². The highest BCUT2D eigenvalue weighted by atomic mass is 35.5. The molecule has 2 atom stereocenters. The van der Waals surface area contributed by atoms with E-state index in [0.717, 1.165) is 18.2 Å². The Labute approximate surface area is 202 Å². The van der Waals surface area contributed by atoms with Crippen LogP contribution in [0.4, 0.5) is 32.4 Å². The monoisotopic (exact) mass is 534 g/mol. The number of amides is 1. The summed E-state index contributed by atoms with van der Waals surface area (Å²) in [6.07, 6.45) is -9.34. The second-order valence-corrected chi connectivity index (χ2v) is 7.80. The van der Waals surface area contributed by atoms with E-state index in [4.69, 9.17) is 27.9 Å². The topological polar surface area (TPSA) is 50.8 Å². The first-order chi connectivity index (χ1) is 15.0. The molecule has 0 saturated carbocycles. The van der Waals surface area contributed by atoms with Crippen LogP contribution in [0.5, 0.6) is 0 Å². The van der Waals surface area contributed by atoms with Crippen LogP contribution in [0.3, 0.4) is 0 Å². The second kappa shape index (κ2) is 11.5. The van der Waals surface area contributed by atoms with E-state index in [1.54, 1.807) is 0 Å². The van der Waals surface area contributed by atoms with E-state index in [2.05, 4.69) is 4.74 Å². The molecular formula is C20H18Cl3F5N2O3. The molecule has 1 aliphatic heterocycles. The Morgan fingerprint density at radius 3 is 2.52 bits per heavy atom. The zero-order valence-corrected chi connectivity index (χ0v) is 19.0. The lowest BCUT2D eigenvalue weighted by Crippen LogP contribution is -2.48. The molecule has 0 aliphatic carbocycles. The third kappa shape index (κ3) is 7.58. The van der Waals surface area contributed by atoms with Crippen molar-refractivity contribution in [2.24, 2.45) is 0 Å². The van der Waals surface area contributed by atoms with Gasteiger partial charge in [-0.25, -0.2) is 13.6 Å². The molecule has 0 spiro atoms. The summed E-state index contributed by atoms with van der Waals surface area (Å²) in [5.74, 6) is -1.47. The van der Waals surface area contributed by atoms with Gasteiger partial charge in [0.15, 0.2) is 0 Å². The number of hydrogen-bond acceptors (Lipinski definition) is 4. The number of alkyl halides is 3. The Hall–Kier alpha value is -1.85. The minimum Gasteiger partial charge on any atom is -0.435 e. The Balaban J connectivity index is 0.00000385. The molecule has 0 unspecified atom stereocenters. The van der Waals surface area contributed by atoms with E-state index in [1.807, 2.05) is 5.32 Å². The molecule has 33 heavy (non-hydrogen) atoms. The quantitative estimate of drug-likeness (QED) is 0.460. The molecule has 1 saturated heterocycles. The standard InChI is InChI=1S/C20H17Cl2F5N2O3.ClH/c21-13-3-2-12(8-16(13)24)28-19(30)32-18(20(25,26)27)10-29-5-6-31-17(9-29)11-1-4-15(23)14(22)7-11;/h1-4,7-8,17-18H,5-6,9-10H2,(H,28,30);1H/t17-,18-;/m0./s1. The fourth-order valence-electron chi connectivity index (χ4n) is 3.08. The fourth-order valence-corrected chi connectivity index (χ4v) is 3.38. The SMILES string of the molecule is Cl.O=C(Nc1ccc(Cl)c(F)c1)O[C@@H](CN1CCO[C@H](c2ccc(F)c(Cl)c2)C1)C(F)(F)F. The smallest absolute Gasteiger partial charge is 0.426 e. The molecule has 1 aliphatic rings. The van der Waals surface area contributed by atoms with E-state index in [-0.39, 0.29) is 47.8 Å². The number of ether oxygens (including phenoxy) is 2. The number of hydrogen-bond donors (Lipinski definition) is 1. The molecule has 1 heterocycles. The normalized spacial score (nSPS) is 17.7. The van der Waals surface area contributed by atoms with Crippen LogP contribution in [0.25, 0.3) is 0 Å². The lowest BCUT2D eigenvalue weighted by molar-refractivity contribution is -0.209. The summed E-state index contributed by atoms with van der Waals surface area (Å²) in [7, 11) is 0. The predicted octanol–water partition coefficient (Wildman–Crippen LogP) is 6.25. The van der Waals surface area contributed by atoms with E-state index in [0.29, 0.717) is 5.56 Å². The third-order valence-electron chi connectivity index (χ3n) is 4.67.